The molecule has 0 spiro atoms. The topological polar surface area (TPSA) is 71.8 Å². The summed E-state index contributed by atoms with van der Waals surface area (Å²) in [5, 5.41) is 14.0. The fourth-order valence-corrected chi connectivity index (χ4v) is 2.92. The molecule has 1 aromatic heterocycles. The highest BCUT2D eigenvalue weighted by Crippen LogP contribution is 2.22. The number of benzene rings is 1. The lowest BCUT2D eigenvalue weighted by molar-refractivity contribution is -0.116. The average molecular weight is 313 g/mol. The van der Waals surface area contributed by atoms with Gasteiger partial charge < -0.3 is 10.6 Å². The maximum Gasteiger partial charge on any atom is 0.226 e. The van der Waals surface area contributed by atoms with Crippen molar-refractivity contribution in [3.8, 4) is 0 Å². The second kappa shape index (κ2) is 7.76. The third-order valence-corrected chi connectivity index (χ3v) is 4.18. The summed E-state index contributed by atoms with van der Waals surface area (Å²) in [4.78, 5) is 11.9. The molecule has 0 bridgehead atoms. The van der Waals surface area contributed by atoms with E-state index in [2.05, 4.69) is 20.9 Å². The van der Waals surface area contributed by atoms with Crippen molar-refractivity contribution in [2.75, 3.05) is 10.6 Å². The van der Waals surface area contributed by atoms with E-state index < -0.39 is 0 Å². The second-order valence-corrected chi connectivity index (χ2v) is 6.02. The molecule has 2 aromatic rings. The van der Waals surface area contributed by atoms with Crippen LogP contribution in [0.15, 0.2) is 36.7 Å². The summed E-state index contributed by atoms with van der Waals surface area (Å²) in [6.07, 6.45) is 10.2. The quantitative estimate of drug-likeness (QED) is 0.860. The van der Waals surface area contributed by atoms with Gasteiger partial charge in [-0.3, -0.25) is 9.48 Å². The van der Waals surface area contributed by atoms with Crippen LogP contribution in [0.5, 0.6) is 0 Å². The number of hydrogen-bond acceptors (Lipinski definition) is 4. The summed E-state index contributed by atoms with van der Waals surface area (Å²) < 4.78 is 1.65. The molecule has 6 nitrogen and oxygen atoms in total. The number of amides is 1. The highest BCUT2D eigenvalue weighted by molar-refractivity contribution is 5.90. The first-order chi connectivity index (χ1) is 11.3. The van der Waals surface area contributed by atoms with Crippen molar-refractivity contribution in [1.29, 1.82) is 0 Å². The van der Waals surface area contributed by atoms with Crippen LogP contribution in [-0.4, -0.2) is 26.9 Å². The predicted octanol–water partition coefficient (Wildman–Crippen LogP) is 3.05. The first kappa shape index (κ1) is 15.5. The first-order valence-electron chi connectivity index (χ1n) is 8.30. The Hall–Kier alpha value is -2.37. The Bertz CT molecular complexity index is 602. The number of hydrogen-bond donors (Lipinski definition) is 2. The SMILES string of the molecule is O=C(CCn1ccnn1)Nc1ccc(NC2CCCCC2)cc1. The van der Waals surface area contributed by atoms with Gasteiger partial charge in [-0.15, -0.1) is 5.10 Å². The normalized spacial score (nSPS) is 15.3. The fraction of sp³-hybridized carbons (Fsp3) is 0.471. The molecule has 6 heteroatoms. The molecule has 23 heavy (non-hydrogen) atoms. The van der Waals surface area contributed by atoms with Crippen LogP contribution in [0, 0.1) is 0 Å². The number of carbonyl (C=O) groups is 1. The van der Waals surface area contributed by atoms with Gasteiger partial charge in [-0.1, -0.05) is 24.5 Å². The zero-order chi connectivity index (χ0) is 15.9. The van der Waals surface area contributed by atoms with Crippen molar-refractivity contribution in [3.05, 3.63) is 36.7 Å². The van der Waals surface area contributed by atoms with Gasteiger partial charge in [0.05, 0.1) is 12.7 Å². The number of nitrogens with zero attached hydrogens (tertiary/aromatic N) is 3. The number of aromatic nitrogens is 3. The average Bonchev–Trinajstić information content (AvgIpc) is 3.09. The van der Waals surface area contributed by atoms with Crippen LogP contribution >= 0.6 is 0 Å². The zero-order valence-electron chi connectivity index (χ0n) is 13.2. The van der Waals surface area contributed by atoms with E-state index in [-0.39, 0.29) is 5.91 Å². The Labute approximate surface area is 136 Å². The molecule has 0 atom stereocenters. The summed E-state index contributed by atoms with van der Waals surface area (Å²) in [6.45, 7) is 0.535. The number of anilines is 2. The van der Waals surface area contributed by atoms with Gasteiger partial charge in [0, 0.05) is 30.0 Å². The largest absolute Gasteiger partial charge is 0.382 e. The van der Waals surface area contributed by atoms with Crippen LogP contribution in [0.1, 0.15) is 38.5 Å². The Balaban J connectivity index is 1.45. The van der Waals surface area contributed by atoms with Crippen LogP contribution in [0.3, 0.4) is 0 Å². The smallest absolute Gasteiger partial charge is 0.226 e. The first-order valence-corrected chi connectivity index (χ1v) is 8.30. The van der Waals surface area contributed by atoms with Gasteiger partial charge in [0.25, 0.3) is 0 Å². The van der Waals surface area contributed by atoms with Gasteiger partial charge in [0.15, 0.2) is 0 Å². The van der Waals surface area contributed by atoms with Crippen LogP contribution in [0.4, 0.5) is 11.4 Å². The molecule has 0 aliphatic heterocycles. The molecule has 1 amide bonds. The van der Waals surface area contributed by atoms with Crippen LogP contribution in [0.25, 0.3) is 0 Å². The van der Waals surface area contributed by atoms with Crippen molar-refractivity contribution >= 4 is 17.3 Å². The number of aryl methyl sites for hydroxylation is 1. The minimum Gasteiger partial charge on any atom is -0.382 e. The van der Waals surface area contributed by atoms with E-state index in [0.29, 0.717) is 19.0 Å². The molecular formula is C17H23N5O. The Morgan fingerprint density at radius 3 is 2.57 bits per heavy atom. The highest BCUT2D eigenvalue weighted by atomic mass is 16.1. The van der Waals surface area contributed by atoms with Gasteiger partial charge in [0.2, 0.25) is 5.91 Å². The molecule has 3 rings (SSSR count). The molecule has 2 N–H and O–H groups in total. The lowest BCUT2D eigenvalue weighted by atomic mass is 9.95. The lowest BCUT2D eigenvalue weighted by Gasteiger charge is -2.23. The van der Waals surface area contributed by atoms with Gasteiger partial charge in [-0.25, -0.2) is 0 Å². The molecule has 1 aliphatic rings. The highest BCUT2D eigenvalue weighted by Gasteiger charge is 2.12. The molecule has 1 fully saturated rings. The molecule has 0 unspecified atom stereocenters. The molecule has 122 valence electrons. The third-order valence-electron chi connectivity index (χ3n) is 4.18. The molecular weight excluding hydrogens is 290 g/mol. The minimum atomic E-state index is -0.0199. The molecule has 1 heterocycles. The molecule has 0 radical (unpaired) electrons. The van der Waals surface area contributed by atoms with Gasteiger partial charge >= 0.3 is 0 Å². The summed E-state index contributed by atoms with van der Waals surface area (Å²) in [5.41, 5.74) is 1.94. The molecule has 1 aliphatic carbocycles. The van der Waals surface area contributed by atoms with Crippen LogP contribution < -0.4 is 10.6 Å². The molecule has 0 saturated heterocycles. The second-order valence-electron chi connectivity index (χ2n) is 6.02. The lowest BCUT2D eigenvalue weighted by Crippen LogP contribution is -2.22. The number of rotatable bonds is 6. The third kappa shape index (κ3) is 4.81. The van der Waals surface area contributed by atoms with E-state index in [1.54, 1.807) is 17.1 Å². The summed E-state index contributed by atoms with van der Waals surface area (Å²) in [6, 6.07) is 8.53. The predicted molar refractivity (Wildman–Crippen MR) is 90.2 cm³/mol. The fourth-order valence-electron chi connectivity index (χ4n) is 2.92. The van der Waals surface area contributed by atoms with Crippen molar-refractivity contribution < 1.29 is 4.79 Å². The maximum absolute atomic E-state index is 11.9. The van der Waals surface area contributed by atoms with E-state index in [1.807, 2.05) is 24.3 Å². The summed E-state index contributed by atoms with van der Waals surface area (Å²) in [7, 11) is 0. The van der Waals surface area contributed by atoms with Gasteiger partial charge in [-0.2, -0.15) is 0 Å². The molecule has 1 aromatic carbocycles. The van der Waals surface area contributed by atoms with E-state index in [0.717, 1.165) is 11.4 Å². The van der Waals surface area contributed by atoms with Crippen molar-refractivity contribution in [3.63, 3.8) is 0 Å². The van der Waals surface area contributed by atoms with E-state index in [1.165, 1.54) is 32.1 Å². The minimum absolute atomic E-state index is 0.0199. The monoisotopic (exact) mass is 313 g/mol. The Morgan fingerprint density at radius 1 is 1.13 bits per heavy atom. The molecule has 1 saturated carbocycles. The Kier molecular flexibility index (Phi) is 5.24. The summed E-state index contributed by atoms with van der Waals surface area (Å²) in [5.74, 6) is -0.0199. The van der Waals surface area contributed by atoms with E-state index in [4.69, 9.17) is 0 Å². The van der Waals surface area contributed by atoms with Gasteiger partial charge in [-0.05, 0) is 37.1 Å². The maximum atomic E-state index is 11.9. The van der Waals surface area contributed by atoms with E-state index >= 15 is 0 Å². The summed E-state index contributed by atoms with van der Waals surface area (Å²) >= 11 is 0. The zero-order valence-corrected chi connectivity index (χ0v) is 13.2. The standard InChI is InChI=1S/C17H23N5O/c23-17(10-12-22-13-11-18-21-22)20-16-8-6-15(7-9-16)19-14-4-2-1-3-5-14/h6-9,11,13-14,19H,1-5,10,12H2,(H,20,23). The van der Waals surface area contributed by atoms with Gasteiger partial charge in [0.1, 0.15) is 0 Å². The van der Waals surface area contributed by atoms with Crippen LogP contribution in [-0.2, 0) is 11.3 Å². The van der Waals surface area contributed by atoms with Crippen molar-refractivity contribution in [2.24, 2.45) is 0 Å². The number of carbonyl (C=O) groups excluding carboxylic acids is 1. The van der Waals surface area contributed by atoms with Crippen molar-refractivity contribution in [2.45, 2.75) is 51.1 Å². The Morgan fingerprint density at radius 2 is 1.87 bits per heavy atom. The number of nitrogens with one attached hydrogen (secondary N) is 2. The van der Waals surface area contributed by atoms with E-state index in [9.17, 15) is 4.79 Å². The van der Waals surface area contributed by atoms with Crippen LogP contribution in [0.2, 0.25) is 0 Å². The van der Waals surface area contributed by atoms with Crippen molar-refractivity contribution in [1.82, 2.24) is 15.0 Å².